The lowest BCUT2D eigenvalue weighted by Gasteiger charge is -2.24. The number of rotatable bonds is 9. The number of furan rings is 1. The van der Waals surface area contributed by atoms with Gasteiger partial charge in [-0.2, -0.15) is 0 Å². The van der Waals surface area contributed by atoms with Crippen molar-refractivity contribution in [1.82, 2.24) is 9.88 Å². The lowest BCUT2D eigenvalue weighted by atomic mass is 10.1. The van der Waals surface area contributed by atoms with E-state index in [2.05, 4.69) is 4.98 Å². The molecule has 2 aromatic heterocycles. The van der Waals surface area contributed by atoms with Gasteiger partial charge in [-0.25, -0.2) is 8.42 Å². The average molecular weight is 476 g/mol. The number of carbonyl (C=O) groups is 1. The van der Waals surface area contributed by atoms with Gasteiger partial charge in [0, 0.05) is 31.0 Å². The van der Waals surface area contributed by atoms with E-state index in [0.29, 0.717) is 18.0 Å². The van der Waals surface area contributed by atoms with E-state index in [0.717, 1.165) is 5.56 Å². The summed E-state index contributed by atoms with van der Waals surface area (Å²) in [5.41, 5.74) is 1.70. The molecular weight excluding hydrogens is 450 g/mol. The normalized spacial score (nSPS) is 11.2. The Hall–Kier alpha value is -3.91. The van der Waals surface area contributed by atoms with Crippen molar-refractivity contribution in [2.45, 2.75) is 24.9 Å². The fourth-order valence-corrected chi connectivity index (χ4v) is 5.21. The molecule has 0 unspecified atom stereocenters. The minimum Gasteiger partial charge on any atom is -0.467 e. The third-order valence-corrected chi connectivity index (χ3v) is 7.21. The zero-order chi connectivity index (χ0) is 24.0. The number of aromatic nitrogens is 1. The quantitative estimate of drug-likeness (QED) is 0.349. The Balaban J connectivity index is 1.65. The second-order valence-corrected chi connectivity index (χ2v) is 9.50. The number of para-hydroxylation sites is 1. The largest absolute Gasteiger partial charge is 0.467 e. The fourth-order valence-electron chi connectivity index (χ4n) is 3.69. The monoisotopic (exact) mass is 475 g/mol. The SMILES string of the molecule is CCN(c1ccccc1)S(=O)(=O)c1cccc(C(=O)N(Cc2cccnc2)Cc2ccco2)c1. The van der Waals surface area contributed by atoms with Gasteiger partial charge in [-0.1, -0.05) is 30.3 Å². The second-order valence-electron chi connectivity index (χ2n) is 7.64. The van der Waals surface area contributed by atoms with Crippen LogP contribution in [0, 0.1) is 0 Å². The molecule has 0 saturated heterocycles. The summed E-state index contributed by atoms with van der Waals surface area (Å²) in [5.74, 6) is 0.322. The summed E-state index contributed by atoms with van der Waals surface area (Å²) in [6, 6.07) is 22.3. The van der Waals surface area contributed by atoms with Gasteiger partial charge in [0.15, 0.2) is 0 Å². The highest BCUT2D eigenvalue weighted by Crippen LogP contribution is 2.24. The van der Waals surface area contributed by atoms with Crippen molar-refractivity contribution in [3.8, 4) is 0 Å². The molecule has 2 heterocycles. The standard InChI is InChI=1S/C26H25N3O4S/c1-2-29(23-11-4-3-5-12-23)34(31,32)25-14-6-10-22(17-25)26(30)28(20-24-13-8-16-33-24)19-21-9-7-15-27-18-21/h3-18H,2,19-20H2,1H3. The van der Waals surface area contributed by atoms with Crippen LogP contribution in [0.25, 0.3) is 0 Å². The number of carbonyl (C=O) groups excluding carboxylic acids is 1. The molecule has 0 spiro atoms. The molecule has 1 amide bonds. The van der Waals surface area contributed by atoms with Crippen LogP contribution in [0.3, 0.4) is 0 Å². The Kier molecular flexibility index (Phi) is 7.08. The molecule has 34 heavy (non-hydrogen) atoms. The predicted molar refractivity (Wildman–Crippen MR) is 130 cm³/mol. The molecule has 0 aliphatic carbocycles. The van der Waals surface area contributed by atoms with Crippen LogP contribution >= 0.6 is 0 Å². The Bertz CT molecular complexity index is 1330. The maximum atomic E-state index is 13.5. The number of sulfonamides is 1. The molecule has 0 atom stereocenters. The second kappa shape index (κ2) is 10.4. The van der Waals surface area contributed by atoms with E-state index in [1.165, 1.54) is 16.4 Å². The maximum Gasteiger partial charge on any atom is 0.264 e. The van der Waals surface area contributed by atoms with Crippen molar-refractivity contribution in [3.63, 3.8) is 0 Å². The van der Waals surface area contributed by atoms with Gasteiger partial charge in [-0.15, -0.1) is 0 Å². The first-order valence-corrected chi connectivity index (χ1v) is 12.3. The number of pyridine rings is 1. The van der Waals surface area contributed by atoms with Gasteiger partial charge in [-0.05, 0) is 61.0 Å². The van der Waals surface area contributed by atoms with Gasteiger partial charge in [0.2, 0.25) is 0 Å². The first kappa shape index (κ1) is 23.3. The smallest absolute Gasteiger partial charge is 0.264 e. The highest BCUT2D eigenvalue weighted by atomic mass is 32.2. The summed E-state index contributed by atoms with van der Waals surface area (Å²) in [5, 5.41) is 0. The van der Waals surface area contributed by atoms with Crippen LogP contribution in [0.2, 0.25) is 0 Å². The van der Waals surface area contributed by atoms with Crippen LogP contribution in [-0.2, 0) is 23.1 Å². The summed E-state index contributed by atoms with van der Waals surface area (Å²) in [4.78, 5) is 19.3. The lowest BCUT2D eigenvalue weighted by Crippen LogP contribution is -2.32. The van der Waals surface area contributed by atoms with Crippen molar-refractivity contribution in [2.75, 3.05) is 10.8 Å². The summed E-state index contributed by atoms with van der Waals surface area (Å²) in [7, 11) is -3.86. The lowest BCUT2D eigenvalue weighted by molar-refractivity contribution is 0.0717. The molecular formula is C26H25N3O4S. The van der Waals surface area contributed by atoms with Gasteiger partial charge in [-0.3, -0.25) is 14.1 Å². The van der Waals surface area contributed by atoms with E-state index >= 15 is 0 Å². The topological polar surface area (TPSA) is 83.7 Å². The number of hydrogen-bond donors (Lipinski definition) is 0. The maximum absolute atomic E-state index is 13.5. The van der Waals surface area contributed by atoms with E-state index in [9.17, 15) is 13.2 Å². The summed E-state index contributed by atoms with van der Waals surface area (Å²) in [6.07, 6.45) is 4.92. The van der Waals surface area contributed by atoms with Crippen LogP contribution < -0.4 is 4.31 Å². The number of hydrogen-bond acceptors (Lipinski definition) is 5. The third-order valence-electron chi connectivity index (χ3n) is 5.31. The predicted octanol–water partition coefficient (Wildman–Crippen LogP) is 4.73. The van der Waals surface area contributed by atoms with Crippen LogP contribution in [0.4, 0.5) is 5.69 Å². The van der Waals surface area contributed by atoms with Crippen molar-refractivity contribution >= 4 is 21.6 Å². The Morgan fingerprint density at radius 2 is 1.76 bits per heavy atom. The molecule has 0 bridgehead atoms. The Morgan fingerprint density at radius 1 is 0.941 bits per heavy atom. The molecule has 0 aliphatic rings. The molecule has 7 nitrogen and oxygen atoms in total. The minimum absolute atomic E-state index is 0.0587. The number of benzene rings is 2. The molecule has 0 saturated carbocycles. The third kappa shape index (κ3) is 5.18. The zero-order valence-electron chi connectivity index (χ0n) is 18.7. The summed E-state index contributed by atoms with van der Waals surface area (Å²) in [6.45, 7) is 2.58. The van der Waals surface area contributed by atoms with Crippen LogP contribution in [0.15, 0.2) is 107 Å². The summed E-state index contributed by atoms with van der Waals surface area (Å²) < 4.78 is 33.6. The minimum atomic E-state index is -3.86. The zero-order valence-corrected chi connectivity index (χ0v) is 19.6. The van der Waals surface area contributed by atoms with Gasteiger partial charge in [0.25, 0.3) is 15.9 Å². The average Bonchev–Trinajstić information content (AvgIpc) is 3.38. The first-order chi connectivity index (χ1) is 16.5. The van der Waals surface area contributed by atoms with Crippen molar-refractivity contribution in [2.24, 2.45) is 0 Å². The Morgan fingerprint density at radius 3 is 2.44 bits per heavy atom. The van der Waals surface area contributed by atoms with E-state index < -0.39 is 10.0 Å². The number of anilines is 1. The molecule has 0 radical (unpaired) electrons. The summed E-state index contributed by atoms with van der Waals surface area (Å²) >= 11 is 0. The van der Waals surface area contributed by atoms with Crippen LogP contribution in [0.5, 0.6) is 0 Å². The molecule has 2 aromatic carbocycles. The Labute approximate surface area is 199 Å². The van der Waals surface area contributed by atoms with Gasteiger partial charge < -0.3 is 9.32 Å². The molecule has 0 N–H and O–H groups in total. The molecule has 4 rings (SSSR count). The van der Waals surface area contributed by atoms with Crippen LogP contribution in [0.1, 0.15) is 28.6 Å². The van der Waals surface area contributed by atoms with Gasteiger partial charge in [0.05, 0.1) is 23.4 Å². The highest BCUT2D eigenvalue weighted by molar-refractivity contribution is 7.92. The van der Waals surface area contributed by atoms with E-state index in [4.69, 9.17) is 4.42 Å². The van der Waals surface area contributed by atoms with Crippen molar-refractivity contribution in [1.29, 1.82) is 0 Å². The highest BCUT2D eigenvalue weighted by Gasteiger charge is 2.26. The first-order valence-electron chi connectivity index (χ1n) is 10.9. The van der Waals surface area contributed by atoms with Crippen molar-refractivity contribution < 1.29 is 17.6 Å². The van der Waals surface area contributed by atoms with E-state index in [1.807, 2.05) is 12.1 Å². The molecule has 0 aliphatic heterocycles. The van der Waals surface area contributed by atoms with Crippen LogP contribution in [-0.4, -0.2) is 30.8 Å². The fraction of sp³-hybridized carbons (Fsp3) is 0.154. The molecule has 8 heteroatoms. The van der Waals surface area contributed by atoms with E-state index in [1.54, 1.807) is 85.1 Å². The van der Waals surface area contributed by atoms with Gasteiger partial charge >= 0.3 is 0 Å². The molecule has 4 aromatic rings. The number of amides is 1. The van der Waals surface area contributed by atoms with E-state index in [-0.39, 0.29) is 29.5 Å². The number of nitrogens with zero attached hydrogens (tertiary/aromatic N) is 3. The van der Waals surface area contributed by atoms with Gasteiger partial charge in [0.1, 0.15) is 5.76 Å². The van der Waals surface area contributed by atoms with Crippen molar-refractivity contribution in [3.05, 3.63) is 114 Å². The molecule has 174 valence electrons. The molecule has 0 fully saturated rings.